The fraction of sp³-hybridized carbons (Fsp3) is 0.615. The van der Waals surface area contributed by atoms with Gasteiger partial charge in [0.15, 0.2) is 0 Å². The van der Waals surface area contributed by atoms with Crippen LogP contribution >= 0.6 is 0 Å². The molecule has 3 amide bonds. The first kappa shape index (κ1) is 14.5. The van der Waals surface area contributed by atoms with Gasteiger partial charge in [0, 0.05) is 25.3 Å². The molecule has 1 aliphatic rings. The molecule has 0 unspecified atom stereocenters. The summed E-state index contributed by atoms with van der Waals surface area (Å²) in [5.74, 6) is -0.198. The highest BCUT2D eigenvalue weighted by Crippen LogP contribution is 2.10. The van der Waals surface area contributed by atoms with Gasteiger partial charge in [-0.1, -0.05) is 0 Å². The molecule has 20 heavy (non-hydrogen) atoms. The van der Waals surface area contributed by atoms with Crippen molar-refractivity contribution in [3.63, 3.8) is 0 Å². The summed E-state index contributed by atoms with van der Waals surface area (Å²) in [6.45, 7) is 7.16. The van der Waals surface area contributed by atoms with Gasteiger partial charge in [-0.2, -0.15) is 5.10 Å². The lowest BCUT2D eigenvalue weighted by Crippen LogP contribution is -2.44. The molecule has 1 aromatic heterocycles. The third-order valence-corrected chi connectivity index (χ3v) is 3.60. The van der Waals surface area contributed by atoms with E-state index in [4.69, 9.17) is 0 Å². The second kappa shape index (κ2) is 6.04. The Morgan fingerprint density at radius 1 is 1.55 bits per heavy atom. The van der Waals surface area contributed by atoms with Gasteiger partial charge in [0.25, 0.3) is 0 Å². The zero-order valence-corrected chi connectivity index (χ0v) is 12.1. The van der Waals surface area contributed by atoms with Gasteiger partial charge in [-0.3, -0.25) is 14.4 Å². The molecule has 1 fully saturated rings. The van der Waals surface area contributed by atoms with E-state index < -0.39 is 0 Å². The van der Waals surface area contributed by atoms with Crippen molar-refractivity contribution in [2.24, 2.45) is 0 Å². The van der Waals surface area contributed by atoms with Crippen LogP contribution in [0.3, 0.4) is 0 Å². The Morgan fingerprint density at radius 2 is 2.30 bits per heavy atom. The fourth-order valence-corrected chi connectivity index (χ4v) is 2.11. The maximum Gasteiger partial charge on any atom is 0.324 e. The molecule has 0 aliphatic carbocycles. The highest BCUT2D eigenvalue weighted by Gasteiger charge is 2.26. The number of urea groups is 1. The lowest BCUT2D eigenvalue weighted by atomic mass is 10.1. The number of rotatable bonds is 5. The molecule has 1 aromatic rings. The predicted molar refractivity (Wildman–Crippen MR) is 74.3 cm³/mol. The van der Waals surface area contributed by atoms with Crippen molar-refractivity contribution in [3.8, 4) is 0 Å². The summed E-state index contributed by atoms with van der Waals surface area (Å²) in [4.78, 5) is 24.5. The van der Waals surface area contributed by atoms with E-state index in [-0.39, 0.29) is 30.6 Å². The Kier molecular flexibility index (Phi) is 4.39. The smallest absolute Gasteiger partial charge is 0.324 e. The first-order chi connectivity index (χ1) is 9.49. The summed E-state index contributed by atoms with van der Waals surface area (Å²) < 4.78 is 1.88. The minimum absolute atomic E-state index is 0.0731. The number of hydrogen-bond acceptors (Lipinski definition) is 4. The van der Waals surface area contributed by atoms with Gasteiger partial charge in [-0.05, 0) is 26.3 Å². The van der Waals surface area contributed by atoms with Crippen LogP contribution in [0.15, 0.2) is 12.4 Å². The molecule has 2 N–H and O–H groups in total. The van der Waals surface area contributed by atoms with Crippen LogP contribution in [0, 0.1) is 6.92 Å². The quantitative estimate of drug-likeness (QED) is 0.811. The third-order valence-electron chi connectivity index (χ3n) is 3.60. The van der Waals surface area contributed by atoms with Crippen molar-refractivity contribution in [2.45, 2.75) is 32.9 Å². The monoisotopic (exact) mass is 279 g/mol. The molecule has 0 spiro atoms. The van der Waals surface area contributed by atoms with Gasteiger partial charge in [0.2, 0.25) is 5.91 Å². The van der Waals surface area contributed by atoms with Crippen molar-refractivity contribution in [2.75, 3.05) is 19.6 Å². The molecule has 0 aromatic carbocycles. The van der Waals surface area contributed by atoms with Crippen LogP contribution in [0.4, 0.5) is 4.79 Å². The van der Waals surface area contributed by atoms with Gasteiger partial charge in [-0.25, -0.2) is 4.79 Å². The van der Waals surface area contributed by atoms with Crippen molar-refractivity contribution < 1.29 is 9.59 Å². The lowest BCUT2D eigenvalue weighted by molar-refractivity contribution is -0.126. The molecule has 1 saturated heterocycles. The zero-order chi connectivity index (χ0) is 14.7. The summed E-state index contributed by atoms with van der Waals surface area (Å²) >= 11 is 0. The summed E-state index contributed by atoms with van der Waals surface area (Å²) in [6.07, 6.45) is 3.78. The van der Waals surface area contributed by atoms with Crippen LogP contribution < -0.4 is 10.6 Å². The SMILES string of the molecule is Cc1cnn([C@@H](C)[C@H](C)NCC(=O)N2CCNC2=O)c1. The number of nitrogens with zero attached hydrogens (tertiary/aromatic N) is 3. The van der Waals surface area contributed by atoms with Crippen molar-refractivity contribution in [1.29, 1.82) is 0 Å². The van der Waals surface area contributed by atoms with Gasteiger partial charge >= 0.3 is 6.03 Å². The second-order valence-electron chi connectivity index (χ2n) is 5.19. The number of nitrogens with one attached hydrogen (secondary N) is 2. The largest absolute Gasteiger partial charge is 0.336 e. The predicted octanol–water partition coefficient (Wildman–Crippen LogP) is 0.282. The summed E-state index contributed by atoms with van der Waals surface area (Å²) in [7, 11) is 0. The summed E-state index contributed by atoms with van der Waals surface area (Å²) in [6, 6.07) is -0.104. The summed E-state index contributed by atoms with van der Waals surface area (Å²) in [5, 5.41) is 10.0. The minimum atomic E-state index is -0.305. The van der Waals surface area contributed by atoms with Crippen LogP contribution in [-0.4, -0.2) is 52.3 Å². The number of hydrogen-bond donors (Lipinski definition) is 2. The molecule has 2 atom stereocenters. The Balaban J connectivity index is 1.84. The Hall–Kier alpha value is -1.89. The van der Waals surface area contributed by atoms with Crippen LogP contribution in [-0.2, 0) is 4.79 Å². The van der Waals surface area contributed by atoms with E-state index in [2.05, 4.69) is 15.7 Å². The number of carbonyl (C=O) groups excluding carboxylic acids is 2. The van der Waals surface area contributed by atoms with Crippen LogP contribution in [0.5, 0.6) is 0 Å². The van der Waals surface area contributed by atoms with Crippen LogP contribution in [0.1, 0.15) is 25.5 Å². The lowest BCUT2D eigenvalue weighted by Gasteiger charge is -2.22. The second-order valence-corrected chi connectivity index (χ2v) is 5.19. The first-order valence-electron chi connectivity index (χ1n) is 6.81. The topological polar surface area (TPSA) is 79.3 Å². The van der Waals surface area contributed by atoms with Gasteiger partial charge in [-0.15, -0.1) is 0 Å². The van der Waals surface area contributed by atoms with E-state index in [1.807, 2.05) is 37.8 Å². The highest BCUT2D eigenvalue weighted by atomic mass is 16.2. The average Bonchev–Trinajstić information content (AvgIpc) is 3.03. The van der Waals surface area contributed by atoms with E-state index in [9.17, 15) is 9.59 Å². The fourth-order valence-electron chi connectivity index (χ4n) is 2.11. The van der Waals surface area contributed by atoms with Gasteiger partial charge < -0.3 is 10.6 Å². The minimum Gasteiger partial charge on any atom is -0.336 e. The molecule has 1 aliphatic heterocycles. The molecule has 7 nitrogen and oxygen atoms in total. The van der Waals surface area contributed by atoms with E-state index >= 15 is 0 Å². The normalized spacial score (nSPS) is 17.9. The van der Waals surface area contributed by atoms with E-state index in [0.717, 1.165) is 5.56 Å². The molecule has 2 heterocycles. The standard InChI is InChI=1S/C13H21N5O2/c1-9-6-16-18(8-9)11(3)10(2)15-7-12(19)17-5-4-14-13(17)20/h6,8,10-11,15H,4-5,7H2,1-3H3,(H,14,20)/t10-,11-/m0/s1. The van der Waals surface area contributed by atoms with E-state index in [1.165, 1.54) is 4.90 Å². The third kappa shape index (κ3) is 3.16. The van der Waals surface area contributed by atoms with Crippen LogP contribution in [0.25, 0.3) is 0 Å². The number of imide groups is 1. The molecule has 0 radical (unpaired) electrons. The molecule has 0 bridgehead atoms. The zero-order valence-electron chi connectivity index (χ0n) is 12.1. The average molecular weight is 279 g/mol. The number of carbonyl (C=O) groups is 2. The van der Waals surface area contributed by atoms with Gasteiger partial charge in [0.05, 0.1) is 18.8 Å². The van der Waals surface area contributed by atoms with E-state index in [0.29, 0.717) is 13.1 Å². The molecule has 110 valence electrons. The molecule has 2 rings (SSSR count). The van der Waals surface area contributed by atoms with Gasteiger partial charge in [0.1, 0.15) is 0 Å². The van der Waals surface area contributed by atoms with Crippen LogP contribution in [0.2, 0.25) is 0 Å². The maximum absolute atomic E-state index is 11.9. The number of amides is 3. The number of aromatic nitrogens is 2. The molecule has 0 saturated carbocycles. The van der Waals surface area contributed by atoms with Crippen molar-refractivity contribution in [3.05, 3.63) is 18.0 Å². The Bertz CT molecular complexity index is 499. The molecule has 7 heteroatoms. The van der Waals surface area contributed by atoms with Crippen molar-refractivity contribution >= 4 is 11.9 Å². The maximum atomic E-state index is 11.9. The Labute approximate surface area is 118 Å². The van der Waals surface area contributed by atoms with Crippen molar-refractivity contribution in [1.82, 2.24) is 25.3 Å². The first-order valence-corrected chi connectivity index (χ1v) is 6.81. The molecular weight excluding hydrogens is 258 g/mol. The Morgan fingerprint density at radius 3 is 2.85 bits per heavy atom. The summed E-state index contributed by atoms with van der Waals surface area (Å²) in [5.41, 5.74) is 1.11. The van der Waals surface area contributed by atoms with E-state index in [1.54, 1.807) is 0 Å². The molecular formula is C13H21N5O2. The number of aryl methyl sites for hydroxylation is 1. The highest BCUT2D eigenvalue weighted by molar-refractivity contribution is 5.96.